The number of methoxy groups -OCH3 is 1. The van der Waals surface area contributed by atoms with Crippen LogP contribution in [0.25, 0.3) is 0 Å². The molecule has 3 amide bonds. The van der Waals surface area contributed by atoms with Crippen molar-refractivity contribution in [2.45, 2.75) is 6.54 Å². The van der Waals surface area contributed by atoms with Crippen molar-refractivity contribution in [2.75, 3.05) is 45.2 Å². The molecule has 0 unspecified atom stereocenters. The highest BCUT2D eigenvalue weighted by atomic mass is 16.5. The van der Waals surface area contributed by atoms with Crippen LogP contribution in [0.1, 0.15) is 15.9 Å². The summed E-state index contributed by atoms with van der Waals surface area (Å²) in [6.45, 7) is 3.37. The van der Waals surface area contributed by atoms with Crippen molar-refractivity contribution in [3.8, 4) is 5.75 Å². The molecule has 1 aliphatic heterocycles. The van der Waals surface area contributed by atoms with Gasteiger partial charge in [-0.15, -0.1) is 0 Å². The number of rotatable bonds is 5. The van der Waals surface area contributed by atoms with E-state index in [1.165, 1.54) is 0 Å². The zero-order chi connectivity index (χ0) is 19.9. The minimum Gasteiger partial charge on any atom is -0.497 e. The van der Waals surface area contributed by atoms with Gasteiger partial charge in [0.15, 0.2) is 0 Å². The molecule has 7 nitrogen and oxygen atoms in total. The second-order valence-electron chi connectivity index (χ2n) is 6.61. The molecule has 0 saturated carbocycles. The zero-order valence-electron chi connectivity index (χ0n) is 16.3. The molecule has 1 fully saturated rings. The molecule has 7 heteroatoms. The normalized spacial score (nSPS) is 13.8. The maximum atomic E-state index is 12.4. The number of anilines is 1. The fourth-order valence-corrected chi connectivity index (χ4v) is 3.17. The quantitative estimate of drug-likeness (QED) is 0.831. The van der Waals surface area contributed by atoms with Gasteiger partial charge in [-0.3, -0.25) is 4.79 Å². The van der Waals surface area contributed by atoms with Crippen LogP contribution in [0, 0.1) is 0 Å². The minimum atomic E-state index is -0.120. The number of benzene rings is 2. The largest absolute Gasteiger partial charge is 0.497 e. The Labute approximate surface area is 165 Å². The van der Waals surface area contributed by atoms with Gasteiger partial charge in [0.2, 0.25) is 0 Å². The number of urea groups is 1. The summed E-state index contributed by atoms with van der Waals surface area (Å²) in [7, 11) is 3.26. The summed E-state index contributed by atoms with van der Waals surface area (Å²) in [6.07, 6.45) is 0. The van der Waals surface area contributed by atoms with Crippen LogP contribution in [0.2, 0.25) is 0 Å². The van der Waals surface area contributed by atoms with Crippen molar-refractivity contribution in [2.24, 2.45) is 0 Å². The number of nitrogens with one attached hydrogen (secondary N) is 2. The Bertz CT molecular complexity index is 797. The van der Waals surface area contributed by atoms with Gasteiger partial charge in [0.1, 0.15) is 5.75 Å². The summed E-state index contributed by atoms with van der Waals surface area (Å²) in [5, 5.41) is 5.54. The Morgan fingerprint density at radius 1 is 0.964 bits per heavy atom. The Balaban J connectivity index is 1.46. The van der Waals surface area contributed by atoms with Crippen molar-refractivity contribution in [3.05, 3.63) is 59.7 Å². The first kappa shape index (κ1) is 19.5. The van der Waals surface area contributed by atoms with Crippen molar-refractivity contribution in [1.82, 2.24) is 15.5 Å². The predicted molar refractivity (Wildman–Crippen MR) is 109 cm³/mol. The summed E-state index contributed by atoms with van der Waals surface area (Å²) in [6, 6.07) is 15.1. The van der Waals surface area contributed by atoms with E-state index in [1.54, 1.807) is 26.3 Å². The molecule has 0 aliphatic carbocycles. The second kappa shape index (κ2) is 9.12. The van der Waals surface area contributed by atoms with E-state index in [1.807, 2.05) is 41.3 Å². The lowest BCUT2D eigenvalue weighted by molar-refractivity contribution is 0.0963. The van der Waals surface area contributed by atoms with Crippen molar-refractivity contribution < 1.29 is 14.3 Å². The topological polar surface area (TPSA) is 73.9 Å². The number of ether oxygens (including phenoxy) is 1. The molecule has 1 aliphatic rings. The van der Waals surface area contributed by atoms with Crippen LogP contribution < -0.4 is 20.3 Å². The van der Waals surface area contributed by atoms with Gasteiger partial charge in [0.25, 0.3) is 5.91 Å². The summed E-state index contributed by atoms with van der Waals surface area (Å²) in [5.41, 5.74) is 2.70. The average Bonchev–Trinajstić information content (AvgIpc) is 2.77. The number of hydrogen-bond acceptors (Lipinski definition) is 4. The first-order chi connectivity index (χ1) is 13.6. The molecule has 0 atom stereocenters. The summed E-state index contributed by atoms with van der Waals surface area (Å²) < 4.78 is 5.19. The van der Waals surface area contributed by atoms with Gasteiger partial charge in [0, 0.05) is 51.0 Å². The molecular formula is C21H26N4O3. The molecule has 3 rings (SSSR count). The molecule has 2 N–H and O–H groups in total. The van der Waals surface area contributed by atoms with Crippen LogP contribution in [0.5, 0.6) is 5.75 Å². The molecule has 1 heterocycles. The van der Waals surface area contributed by atoms with Gasteiger partial charge in [-0.05, 0) is 42.0 Å². The monoisotopic (exact) mass is 382 g/mol. The van der Waals surface area contributed by atoms with Gasteiger partial charge in [-0.25, -0.2) is 4.79 Å². The Morgan fingerprint density at radius 2 is 1.61 bits per heavy atom. The van der Waals surface area contributed by atoms with Crippen LogP contribution >= 0.6 is 0 Å². The van der Waals surface area contributed by atoms with Gasteiger partial charge in [-0.1, -0.05) is 12.1 Å². The molecule has 0 bridgehead atoms. The lowest BCUT2D eigenvalue weighted by Crippen LogP contribution is -2.51. The van der Waals surface area contributed by atoms with Gasteiger partial charge < -0.3 is 25.2 Å². The summed E-state index contributed by atoms with van der Waals surface area (Å²) in [5.74, 6) is 0.718. The highest BCUT2D eigenvalue weighted by Crippen LogP contribution is 2.20. The Hall–Kier alpha value is -3.22. The van der Waals surface area contributed by atoms with E-state index in [-0.39, 0.29) is 11.9 Å². The van der Waals surface area contributed by atoms with Crippen LogP contribution in [-0.2, 0) is 6.54 Å². The zero-order valence-corrected chi connectivity index (χ0v) is 16.3. The van der Waals surface area contributed by atoms with Gasteiger partial charge in [-0.2, -0.15) is 0 Å². The van der Waals surface area contributed by atoms with E-state index in [0.29, 0.717) is 25.2 Å². The number of hydrogen-bond donors (Lipinski definition) is 2. The number of carbonyl (C=O) groups is 2. The van der Waals surface area contributed by atoms with Gasteiger partial charge >= 0.3 is 6.03 Å². The molecule has 1 saturated heterocycles. The maximum absolute atomic E-state index is 12.4. The predicted octanol–water partition coefficient (Wildman–Crippen LogP) is 2.09. The molecule has 0 spiro atoms. The van der Waals surface area contributed by atoms with E-state index in [0.717, 1.165) is 30.1 Å². The number of amides is 3. The second-order valence-corrected chi connectivity index (χ2v) is 6.61. The number of nitrogens with zero attached hydrogens (tertiary/aromatic N) is 2. The highest BCUT2D eigenvalue weighted by molar-refractivity contribution is 5.93. The van der Waals surface area contributed by atoms with Crippen molar-refractivity contribution >= 4 is 17.6 Å². The molecule has 2 aromatic carbocycles. The van der Waals surface area contributed by atoms with E-state index < -0.39 is 0 Å². The fourth-order valence-electron chi connectivity index (χ4n) is 3.17. The average molecular weight is 382 g/mol. The van der Waals surface area contributed by atoms with Crippen molar-refractivity contribution in [1.29, 1.82) is 0 Å². The molecular weight excluding hydrogens is 356 g/mol. The molecule has 148 valence electrons. The molecule has 28 heavy (non-hydrogen) atoms. The van der Waals surface area contributed by atoms with Crippen LogP contribution in [0.3, 0.4) is 0 Å². The molecule has 0 aromatic heterocycles. The summed E-state index contributed by atoms with van der Waals surface area (Å²) >= 11 is 0. The maximum Gasteiger partial charge on any atom is 0.317 e. The third-order valence-electron chi connectivity index (χ3n) is 4.89. The molecule has 2 aromatic rings. The smallest absolute Gasteiger partial charge is 0.317 e. The van der Waals surface area contributed by atoms with E-state index in [2.05, 4.69) is 15.5 Å². The Kier molecular flexibility index (Phi) is 6.37. The highest BCUT2D eigenvalue weighted by Gasteiger charge is 2.21. The number of piperazine rings is 1. The van der Waals surface area contributed by atoms with Gasteiger partial charge in [0.05, 0.1) is 7.11 Å². The molecule has 0 radical (unpaired) electrons. The van der Waals surface area contributed by atoms with E-state index in [9.17, 15) is 9.59 Å². The SMILES string of the molecule is CNC(=O)c1ccc(CNC(=O)N2CCN(c3ccc(OC)cc3)CC2)cc1. The minimum absolute atomic E-state index is 0.0650. The van der Waals surface area contributed by atoms with Crippen LogP contribution in [-0.4, -0.2) is 57.2 Å². The first-order valence-electron chi connectivity index (χ1n) is 9.33. The van der Waals surface area contributed by atoms with Crippen molar-refractivity contribution in [3.63, 3.8) is 0 Å². The standard InChI is InChI=1S/C21H26N4O3/c1-22-20(26)17-5-3-16(4-6-17)15-23-21(27)25-13-11-24(12-14-25)18-7-9-19(28-2)10-8-18/h3-10H,11-15H2,1-2H3,(H,22,26)(H,23,27). The number of carbonyl (C=O) groups excluding carboxylic acids is 2. The fraction of sp³-hybridized carbons (Fsp3) is 0.333. The lowest BCUT2D eigenvalue weighted by Gasteiger charge is -2.36. The first-order valence-corrected chi connectivity index (χ1v) is 9.33. The third kappa shape index (κ3) is 4.73. The third-order valence-corrected chi connectivity index (χ3v) is 4.89. The summed E-state index contributed by atoms with van der Waals surface area (Å²) in [4.78, 5) is 28.1. The van der Waals surface area contributed by atoms with E-state index >= 15 is 0 Å². The van der Waals surface area contributed by atoms with E-state index in [4.69, 9.17) is 4.74 Å². The Morgan fingerprint density at radius 3 is 2.18 bits per heavy atom. The lowest BCUT2D eigenvalue weighted by atomic mass is 10.1. The van der Waals surface area contributed by atoms with Crippen LogP contribution in [0.15, 0.2) is 48.5 Å². The van der Waals surface area contributed by atoms with Crippen LogP contribution in [0.4, 0.5) is 10.5 Å².